The van der Waals surface area contributed by atoms with Crippen LogP contribution >= 0.6 is 0 Å². The van der Waals surface area contributed by atoms with Crippen molar-refractivity contribution >= 4 is 5.96 Å². The first-order valence-corrected chi connectivity index (χ1v) is 6.86. The van der Waals surface area contributed by atoms with Crippen LogP contribution in [0, 0.1) is 5.92 Å². The number of aliphatic imine (C=N–C) groups is 1. The number of hydrogen-bond acceptors (Lipinski definition) is 3. The molecule has 106 valence electrons. The first-order valence-electron chi connectivity index (χ1n) is 6.86. The lowest BCUT2D eigenvalue weighted by Gasteiger charge is -2.31. The van der Waals surface area contributed by atoms with Crippen molar-refractivity contribution in [2.24, 2.45) is 16.6 Å². The van der Waals surface area contributed by atoms with Gasteiger partial charge in [0, 0.05) is 33.3 Å². The second-order valence-corrected chi connectivity index (χ2v) is 5.21. The zero-order valence-electron chi connectivity index (χ0n) is 12.1. The van der Waals surface area contributed by atoms with E-state index in [0.717, 1.165) is 45.2 Å². The molecule has 1 saturated heterocycles. The van der Waals surface area contributed by atoms with Gasteiger partial charge in [0.2, 0.25) is 0 Å². The molecule has 0 spiro atoms. The third kappa shape index (κ3) is 5.69. The standard InChI is InChI=1S/C13H28N4O/c1-12-4-7-17(8-5-12)13(14)15-6-9-16(2)10-11-18-3/h12H,4-11H2,1-3H3,(H2,14,15). The van der Waals surface area contributed by atoms with E-state index < -0.39 is 0 Å². The van der Waals surface area contributed by atoms with Crippen molar-refractivity contribution in [2.75, 3.05) is 53.5 Å². The Morgan fingerprint density at radius 1 is 1.39 bits per heavy atom. The number of likely N-dealkylation sites (N-methyl/N-ethyl adjacent to an activating group) is 1. The number of methoxy groups -OCH3 is 1. The molecule has 0 unspecified atom stereocenters. The van der Waals surface area contributed by atoms with Gasteiger partial charge in [0.1, 0.15) is 0 Å². The summed E-state index contributed by atoms with van der Waals surface area (Å²) in [5, 5.41) is 0. The van der Waals surface area contributed by atoms with Crippen molar-refractivity contribution in [2.45, 2.75) is 19.8 Å². The fourth-order valence-electron chi connectivity index (χ4n) is 2.03. The number of guanidine groups is 1. The van der Waals surface area contributed by atoms with Gasteiger partial charge < -0.3 is 20.3 Å². The first-order chi connectivity index (χ1) is 8.63. The zero-order chi connectivity index (χ0) is 13.4. The summed E-state index contributed by atoms with van der Waals surface area (Å²) >= 11 is 0. The molecule has 0 bridgehead atoms. The number of hydrogen-bond donors (Lipinski definition) is 1. The van der Waals surface area contributed by atoms with E-state index in [1.54, 1.807) is 7.11 Å². The largest absolute Gasteiger partial charge is 0.383 e. The number of ether oxygens (including phenoxy) is 1. The Kier molecular flexibility index (Phi) is 7.05. The van der Waals surface area contributed by atoms with Crippen molar-refractivity contribution in [3.63, 3.8) is 0 Å². The highest BCUT2D eigenvalue weighted by molar-refractivity contribution is 5.78. The quantitative estimate of drug-likeness (QED) is 0.559. The third-order valence-electron chi connectivity index (χ3n) is 3.54. The average molecular weight is 256 g/mol. The molecule has 0 atom stereocenters. The molecule has 2 N–H and O–H groups in total. The molecule has 0 saturated carbocycles. The van der Waals surface area contributed by atoms with Gasteiger partial charge in [-0.15, -0.1) is 0 Å². The molecule has 18 heavy (non-hydrogen) atoms. The number of piperidine rings is 1. The van der Waals surface area contributed by atoms with Crippen LogP contribution < -0.4 is 5.73 Å². The molecule has 1 heterocycles. The van der Waals surface area contributed by atoms with Gasteiger partial charge in [-0.25, -0.2) is 0 Å². The molecule has 1 aliphatic heterocycles. The SMILES string of the molecule is COCCN(C)CCN=C(N)N1CCC(C)CC1. The molecule has 0 aromatic rings. The molecule has 0 radical (unpaired) electrons. The molecule has 1 aliphatic rings. The fraction of sp³-hybridized carbons (Fsp3) is 0.923. The Balaban J connectivity index is 2.20. The molecule has 0 aromatic heterocycles. The second-order valence-electron chi connectivity index (χ2n) is 5.21. The average Bonchev–Trinajstić information content (AvgIpc) is 2.37. The Morgan fingerprint density at radius 2 is 2.06 bits per heavy atom. The van der Waals surface area contributed by atoms with Crippen molar-refractivity contribution in [3.8, 4) is 0 Å². The molecule has 5 nitrogen and oxygen atoms in total. The predicted octanol–water partition coefficient (Wildman–Crippen LogP) is 0.611. The fourth-order valence-corrected chi connectivity index (χ4v) is 2.03. The number of rotatable bonds is 6. The Bertz CT molecular complexity index is 249. The van der Waals surface area contributed by atoms with Gasteiger partial charge in [0.25, 0.3) is 0 Å². The minimum atomic E-state index is 0.710. The van der Waals surface area contributed by atoms with Crippen molar-refractivity contribution in [1.29, 1.82) is 0 Å². The van der Waals surface area contributed by atoms with Crippen LogP contribution in [0.15, 0.2) is 4.99 Å². The maximum absolute atomic E-state index is 6.01. The summed E-state index contributed by atoms with van der Waals surface area (Å²) in [4.78, 5) is 8.87. The third-order valence-corrected chi connectivity index (χ3v) is 3.54. The molecular weight excluding hydrogens is 228 g/mol. The number of nitrogens with zero attached hydrogens (tertiary/aromatic N) is 3. The highest BCUT2D eigenvalue weighted by Gasteiger charge is 2.16. The minimum absolute atomic E-state index is 0.710. The van der Waals surface area contributed by atoms with Crippen LogP contribution in [0.1, 0.15) is 19.8 Å². The minimum Gasteiger partial charge on any atom is -0.383 e. The highest BCUT2D eigenvalue weighted by atomic mass is 16.5. The van der Waals surface area contributed by atoms with Gasteiger partial charge in [0.15, 0.2) is 5.96 Å². The first kappa shape index (κ1) is 15.2. The monoisotopic (exact) mass is 256 g/mol. The summed E-state index contributed by atoms with van der Waals surface area (Å²) in [6, 6.07) is 0. The molecule has 1 rings (SSSR count). The van der Waals surface area contributed by atoms with E-state index in [1.165, 1.54) is 12.8 Å². The van der Waals surface area contributed by atoms with E-state index in [2.05, 4.69) is 28.8 Å². The Hall–Kier alpha value is -0.810. The molecule has 5 heteroatoms. The van der Waals surface area contributed by atoms with Crippen molar-refractivity contribution < 1.29 is 4.74 Å². The number of nitrogens with two attached hydrogens (primary N) is 1. The Morgan fingerprint density at radius 3 is 2.67 bits per heavy atom. The molecule has 1 fully saturated rings. The maximum atomic E-state index is 6.01. The van der Waals surface area contributed by atoms with Crippen molar-refractivity contribution in [1.82, 2.24) is 9.80 Å². The Labute approximate surface area is 111 Å². The highest BCUT2D eigenvalue weighted by Crippen LogP contribution is 2.15. The van der Waals surface area contributed by atoms with Gasteiger partial charge in [-0.3, -0.25) is 4.99 Å². The summed E-state index contributed by atoms with van der Waals surface area (Å²) < 4.78 is 5.03. The zero-order valence-corrected chi connectivity index (χ0v) is 12.1. The lowest BCUT2D eigenvalue weighted by molar-refractivity contribution is 0.162. The molecular formula is C13H28N4O. The summed E-state index contributed by atoms with van der Waals surface area (Å²) in [6.45, 7) is 7.79. The van der Waals surface area contributed by atoms with Gasteiger partial charge in [0.05, 0.1) is 13.2 Å². The summed E-state index contributed by atoms with van der Waals surface area (Å²) in [5.74, 6) is 1.54. The van der Waals surface area contributed by atoms with Gasteiger partial charge in [-0.2, -0.15) is 0 Å². The molecule has 0 aliphatic carbocycles. The van der Waals surface area contributed by atoms with E-state index in [-0.39, 0.29) is 0 Å². The maximum Gasteiger partial charge on any atom is 0.191 e. The lowest BCUT2D eigenvalue weighted by Crippen LogP contribution is -2.42. The van der Waals surface area contributed by atoms with E-state index >= 15 is 0 Å². The summed E-state index contributed by atoms with van der Waals surface area (Å²) in [7, 11) is 3.80. The lowest BCUT2D eigenvalue weighted by atomic mass is 10.00. The van der Waals surface area contributed by atoms with Gasteiger partial charge >= 0.3 is 0 Å². The number of likely N-dealkylation sites (tertiary alicyclic amines) is 1. The normalized spacial score (nSPS) is 18.7. The topological polar surface area (TPSA) is 54.1 Å². The van der Waals surface area contributed by atoms with Crippen molar-refractivity contribution in [3.05, 3.63) is 0 Å². The second kappa shape index (κ2) is 8.32. The van der Waals surface area contributed by atoms with Crippen LogP contribution in [0.4, 0.5) is 0 Å². The van der Waals surface area contributed by atoms with Crippen LogP contribution in [0.3, 0.4) is 0 Å². The molecule has 0 amide bonds. The summed E-state index contributed by atoms with van der Waals surface area (Å²) in [6.07, 6.45) is 2.45. The van der Waals surface area contributed by atoms with E-state index in [0.29, 0.717) is 5.96 Å². The molecule has 0 aromatic carbocycles. The van der Waals surface area contributed by atoms with Crippen LogP contribution in [-0.4, -0.2) is 69.2 Å². The van der Waals surface area contributed by atoms with E-state index in [9.17, 15) is 0 Å². The smallest absolute Gasteiger partial charge is 0.191 e. The predicted molar refractivity (Wildman–Crippen MR) is 75.8 cm³/mol. The van der Waals surface area contributed by atoms with Crippen LogP contribution in [0.2, 0.25) is 0 Å². The van der Waals surface area contributed by atoms with Crippen LogP contribution in [0.5, 0.6) is 0 Å². The van der Waals surface area contributed by atoms with Gasteiger partial charge in [-0.05, 0) is 25.8 Å². The summed E-state index contributed by atoms with van der Waals surface area (Å²) in [5.41, 5.74) is 6.01. The van der Waals surface area contributed by atoms with E-state index in [1.807, 2.05) is 0 Å². The van der Waals surface area contributed by atoms with Gasteiger partial charge in [-0.1, -0.05) is 6.92 Å². The van der Waals surface area contributed by atoms with Crippen LogP contribution in [-0.2, 0) is 4.74 Å². The van der Waals surface area contributed by atoms with E-state index in [4.69, 9.17) is 10.5 Å². The van der Waals surface area contributed by atoms with Crippen LogP contribution in [0.25, 0.3) is 0 Å².